The van der Waals surface area contributed by atoms with Crippen LogP contribution in [0.5, 0.6) is 0 Å². The van der Waals surface area contributed by atoms with Crippen LogP contribution in [0.2, 0.25) is 0 Å². The normalized spacial score (nSPS) is 23.1. The lowest BCUT2D eigenvalue weighted by Crippen LogP contribution is -2.53. The van der Waals surface area contributed by atoms with Gasteiger partial charge in [-0.1, -0.05) is 0 Å². The van der Waals surface area contributed by atoms with E-state index < -0.39 is 17.7 Å². The second-order valence-electron chi connectivity index (χ2n) is 6.90. The third-order valence-electron chi connectivity index (χ3n) is 4.07. The van der Waals surface area contributed by atoms with Crippen molar-refractivity contribution in [2.75, 3.05) is 11.4 Å². The smallest absolute Gasteiger partial charge is 0.411 e. The number of rotatable bonds is 1. The molecule has 2 aliphatic heterocycles. The molecule has 6 nitrogen and oxygen atoms in total. The summed E-state index contributed by atoms with van der Waals surface area (Å²) in [7, 11) is 0. The average molecular weight is 313 g/mol. The Kier molecular flexibility index (Phi) is 3.52. The first-order chi connectivity index (χ1) is 10.8. The number of hydrogen-bond acceptors (Lipinski definition) is 4. The number of likely N-dealkylation sites (tertiary alicyclic amines) is 1. The average Bonchev–Trinajstić information content (AvgIpc) is 3.03. The number of hydrogen-bond donors (Lipinski definition) is 0. The van der Waals surface area contributed by atoms with Crippen molar-refractivity contribution < 1.29 is 14.3 Å². The van der Waals surface area contributed by atoms with Crippen LogP contribution in [-0.2, 0) is 9.53 Å². The Hall–Kier alpha value is -2.55. The maximum atomic E-state index is 12.6. The number of amides is 2. The van der Waals surface area contributed by atoms with E-state index in [4.69, 9.17) is 10.00 Å². The monoisotopic (exact) mass is 313 g/mol. The van der Waals surface area contributed by atoms with E-state index in [9.17, 15) is 9.59 Å². The molecule has 0 N–H and O–H groups in total. The number of carbonyl (C=O) groups excluding carboxylic acids is 2. The number of ether oxygens (including phenoxy) is 1. The van der Waals surface area contributed by atoms with E-state index >= 15 is 0 Å². The molecule has 0 saturated carbocycles. The minimum atomic E-state index is -0.575. The Morgan fingerprint density at radius 2 is 1.96 bits per heavy atom. The highest BCUT2D eigenvalue weighted by Crippen LogP contribution is 2.36. The van der Waals surface area contributed by atoms with Crippen molar-refractivity contribution in [1.29, 1.82) is 5.26 Å². The largest absolute Gasteiger partial charge is 0.444 e. The molecular formula is C17H19N3O3. The van der Waals surface area contributed by atoms with Crippen molar-refractivity contribution in [2.45, 2.75) is 44.9 Å². The van der Waals surface area contributed by atoms with Crippen LogP contribution in [0, 0.1) is 11.3 Å². The Labute approximate surface area is 135 Å². The van der Waals surface area contributed by atoms with Crippen LogP contribution in [0.3, 0.4) is 0 Å². The van der Waals surface area contributed by atoms with Gasteiger partial charge in [-0.2, -0.15) is 5.26 Å². The summed E-state index contributed by atoms with van der Waals surface area (Å²) in [5, 5.41) is 8.85. The molecular weight excluding hydrogens is 294 g/mol. The topological polar surface area (TPSA) is 73.6 Å². The van der Waals surface area contributed by atoms with Crippen LogP contribution in [0.25, 0.3) is 0 Å². The number of carbonyl (C=O) groups is 2. The summed E-state index contributed by atoms with van der Waals surface area (Å²) in [6.45, 7) is 5.91. The SMILES string of the molecule is CC(C)(C)OC(=O)N1CC2CC1C(=O)N2c1ccc(C#N)cc1. The predicted molar refractivity (Wildman–Crippen MR) is 83.8 cm³/mol. The molecule has 2 unspecified atom stereocenters. The standard InChI is InChI=1S/C17H19N3O3/c1-17(2,3)23-16(22)19-10-13-8-14(19)15(21)20(13)12-6-4-11(9-18)5-7-12/h4-7,13-14H,8,10H2,1-3H3. The molecule has 0 aliphatic carbocycles. The summed E-state index contributed by atoms with van der Waals surface area (Å²) >= 11 is 0. The maximum absolute atomic E-state index is 12.6. The van der Waals surface area contributed by atoms with E-state index in [1.807, 2.05) is 20.8 Å². The highest BCUT2D eigenvalue weighted by molar-refractivity contribution is 6.03. The van der Waals surface area contributed by atoms with Crippen molar-refractivity contribution in [3.63, 3.8) is 0 Å². The lowest BCUT2D eigenvalue weighted by Gasteiger charge is -2.34. The van der Waals surface area contributed by atoms with E-state index in [0.717, 1.165) is 5.69 Å². The van der Waals surface area contributed by atoms with E-state index in [1.54, 1.807) is 29.2 Å². The number of nitrogens with zero attached hydrogens (tertiary/aromatic N) is 3. The minimum absolute atomic E-state index is 0.0343. The second-order valence-corrected chi connectivity index (χ2v) is 6.90. The highest BCUT2D eigenvalue weighted by atomic mass is 16.6. The van der Waals surface area contributed by atoms with E-state index in [0.29, 0.717) is 18.5 Å². The molecule has 0 aromatic heterocycles. The van der Waals surface area contributed by atoms with Crippen LogP contribution in [0.4, 0.5) is 10.5 Å². The quantitative estimate of drug-likeness (QED) is 0.797. The zero-order valence-corrected chi connectivity index (χ0v) is 13.4. The Morgan fingerprint density at radius 1 is 1.30 bits per heavy atom. The summed E-state index contributed by atoms with van der Waals surface area (Å²) in [5.74, 6) is -0.0863. The van der Waals surface area contributed by atoms with Crippen LogP contribution >= 0.6 is 0 Å². The van der Waals surface area contributed by atoms with Crippen molar-refractivity contribution >= 4 is 17.7 Å². The molecule has 2 atom stereocenters. The van der Waals surface area contributed by atoms with Gasteiger partial charge in [-0.25, -0.2) is 4.79 Å². The number of fused-ring (bicyclic) bond motifs is 2. The van der Waals surface area contributed by atoms with Crippen LogP contribution in [0.15, 0.2) is 24.3 Å². The summed E-state index contributed by atoms with van der Waals surface area (Å²) in [6, 6.07) is 8.51. The molecule has 2 aliphatic rings. The summed E-state index contributed by atoms with van der Waals surface area (Å²) < 4.78 is 5.37. The van der Waals surface area contributed by atoms with Gasteiger partial charge >= 0.3 is 6.09 Å². The molecule has 0 spiro atoms. The van der Waals surface area contributed by atoms with Gasteiger partial charge in [0.05, 0.1) is 17.7 Å². The Morgan fingerprint density at radius 3 is 2.48 bits per heavy atom. The van der Waals surface area contributed by atoms with Crippen molar-refractivity contribution in [3.05, 3.63) is 29.8 Å². The number of benzene rings is 1. The fourth-order valence-electron chi connectivity index (χ4n) is 3.13. The third kappa shape index (κ3) is 2.74. The van der Waals surface area contributed by atoms with Gasteiger partial charge in [0, 0.05) is 12.2 Å². The molecule has 3 rings (SSSR count). The zero-order valence-electron chi connectivity index (χ0n) is 13.4. The number of piperazine rings is 1. The minimum Gasteiger partial charge on any atom is -0.444 e. The van der Waals surface area contributed by atoms with Gasteiger partial charge in [0.25, 0.3) is 0 Å². The van der Waals surface area contributed by atoms with Gasteiger partial charge in [0.2, 0.25) is 5.91 Å². The van der Waals surface area contributed by atoms with E-state index in [2.05, 4.69) is 6.07 Å². The van der Waals surface area contributed by atoms with Crippen molar-refractivity contribution in [3.8, 4) is 6.07 Å². The second kappa shape index (κ2) is 5.27. The highest BCUT2D eigenvalue weighted by Gasteiger charge is 2.52. The molecule has 2 heterocycles. The molecule has 0 radical (unpaired) electrons. The number of nitriles is 1. The van der Waals surface area contributed by atoms with E-state index in [1.165, 1.54) is 4.90 Å². The van der Waals surface area contributed by atoms with Crippen LogP contribution in [0.1, 0.15) is 32.8 Å². The molecule has 2 fully saturated rings. The first kappa shape index (κ1) is 15.3. The summed E-state index contributed by atoms with van der Waals surface area (Å²) in [6.07, 6.45) is 0.191. The fourth-order valence-corrected chi connectivity index (χ4v) is 3.13. The van der Waals surface area contributed by atoms with Crippen molar-refractivity contribution in [2.24, 2.45) is 0 Å². The first-order valence-corrected chi connectivity index (χ1v) is 7.63. The van der Waals surface area contributed by atoms with Crippen LogP contribution in [-0.4, -0.2) is 41.1 Å². The van der Waals surface area contributed by atoms with Gasteiger partial charge in [0.15, 0.2) is 0 Å². The van der Waals surface area contributed by atoms with Crippen LogP contribution < -0.4 is 4.90 Å². The maximum Gasteiger partial charge on any atom is 0.411 e. The van der Waals surface area contributed by atoms with Gasteiger partial charge < -0.3 is 9.64 Å². The molecule has 6 heteroatoms. The van der Waals surface area contributed by atoms with E-state index in [-0.39, 0.29) is 11.9 Å². The third-order valence-corrected chi connectivity index (χ3v) is 4.07. The van der Waals surface area contributed by atoms with Gasteiger partial charge in [0.1, 0.15) is 11.6 Å². The molecule has 2 saturated heterocycles. The molecule has 1 aromatic carbocycles. The Balaban J connectivity index is 1.75. The molecule has 120 valence electrons. The summed E-state index contributed by atoms with van der Waals surface area (Å²) in [5.41, 5.74) is 0.751. The lowest BCUT2D eigenvalue weighted by molar-refractivity contribution is -0.122. The first-order valence-electron chi connectivity index (χ1n) is 7.63. The lowest BCUT2D eigenvalue weighted by atomic mass is 10.2. The molecule has 2 bridgehead atoms. The predicted octanol–water partition coefficient (Wildman–Crippen LogP) is 2.28. The van der Waals surface area contributed by atoms with Gasteiger partial charge in [-0.3, -0.25) is 9.69 Å². The number of anilines is 1. The fraction of sp³-hybridized carbons (Fsp3) is 0.471. The molecule has 1 aromatic rings. The summed E-state index contributed by atoms with van der Waals surface area (Å²) in [4.78, 5) is 28.1. The van der Waals surface area contributed by atoms with Gasteiger partial charge in [-0.05, 0) is 51.5 Å². The zero-order chi connectivity index (χ0) is 16.8. The molecule has 23 heavy (non-hydrogen) atoms. The van der Waals surface area contributed by atoms with Gasteiger partial charge in [-0.15, -0.1) is 0 Å². The van der Waals surface area contributed by atoms with Crippen molar-refractivity contribution in [1.82, 2.24) is 4.90 Å². The molecule has 2 amide bonds. The Bertz CT molecular complexity index is 685.